The SMILES string of the molecule is COC(=O)CN(C)CC(=O)N(C)C1CCCCC1. The third-order valence-electron chi connectivity index (χ3n) is 3.55. The Hall–Kier alpha value is -1.10. The first-order chi connectivity index (χ1) is 8.54. The molecule has 0 aromatic heterocycles. The molecule has 18 heavy (non-hydrogen) atoms. The average molecular weight is 256 g/mol. The first kappa shape index (κ1) is 15.0. The van der Waals surface area contributed by atoms with Gasteiger partial charge in [-0.1, -0.05) is 19.3 Å². The molecule has 0 radical (unpaired) electrons. The summed E-state index contributed by atoms with van der Waals surface area (Å²) < 4.78 is 4.57. The minimum absolute atomic E-state index is 0.0771. The molecule has 0 N–H and O–H groups in total. The van der Waals surface area contributed by atoms with E-state index in [-0.39, 0.29) is 25.0 Å². The van der Waals surface area contributed by atoms with Crippen LogP contribution in [0.1, 0.15) is 32.1 Å². The van der Waals surface area contributed by atoms with Crippen LogP contribution in [0.25, 0.3) is 0 Å². The lowest BCUT2D eigenvalue weighted by Gasteiger charge is -2.32. The van der Waals surface area contributed by atoms with Crippen LogP contribution in [-0.4, -0.2) is 62.0 Å². The van der Waals surface area contributed by atoms with E-state index in [9.17, 15) is 9.59 Å². The van der Waals surface area contributed by atoms with E-state index in [1.165, 1.54) is 26.4 Å². The highest BCUT2D eigenvalue weighted by molar-refractivity contribution is 5.79. The molecule has 0 saturated heterocycles. The number of hydrogen-bond acceptors (Lipinski definition) is 4. The van der Waals surface area contributed by atoms with Crippen molar-refractivity contribution >= 4 is 11.9 Å². The Balaban J connectivity index is 2.36. The van der Waals surface area contributed by atoms with Crippen molar-refractivity contribution in [2.24, 2.45) is 0 Å². The largest absolute Gasteiger partial charge is 0.468 e. The summed E-state index contributed by atoms with van der Waals surface area (Å²) in [5, 5.41) is 0. The molecule has 5 nitrogen and oxygen atoms in total. The average Bonchev–Trinajstić information content (AvgIpc) is 2.38. The summed E-state index contributed by atoms with van der Waals surface area (Å²) in [5.74, 6) is -0.237. The van der Waals surface area contributed by atoms with Crippen LogP contribution in [0.5, 0.6) is 0 Å². The van der Waals surface area contributed by atoms with Gasteiger partial charge in [-0.25, -0.2) is 0 Å². The molecule has 0 spiro atoms. The minimum Gasteiger partial charge on any atom is -0.468 e. The molecule has 104 valence electrons. The normalized spacial score (nSPS) is 16.7. The fourth-order valence-corrected chi connectivity index (χ4v) is 2.36. The summed E-state index contributed by atoms with van der Waals surface area (Å²) in [6, 6.07) is 0.373. The zero-order valence-corrected chi connectivity index (χ0v) is 11.6. The maximum absolute atomic E-state index is 12.1. The predicted molar refractivity (Wildman–Crippen MR) is 69.2 cm³/mol. The highest BCUT2D eigenvalue weighted by atomic mass is 16.5. The quantitative estimate of drug-likeness (QED) is 0.685. The summed E-state index contributed by atoms with van der Waals surface area (Å²) in [5.41, 5.74) is 0. The maximum atomic E-state index is 12.1. The van der Waals surface area contributed by atoms with Gasteiger partial charge in [-0.15, -0.1) is 0 Å². The second-order valence-corrected chi connectivity index (χ2v) is 5.04. The van der Waals surface area contributed by atoms with Crippen LogP contribution < -0.4 is 0 Å². The van der Waals surface area contributed by atoms with Gasteiger partial charge in [0.25, 0.3) is 0 Å². The number of methoxy groups -OCH3 is 1. The fourth-order valence-electron chi connectivity index (χ4n) is 2.36. The first-order valence-electron chi connectivity index (χ1n) is 6.55. The Kier molecular flexibility index (Phi) is 6.12. The molecule has 1 fully saturated rings. The van der Waals surface area contributed by atoms with Crippen molar-refractivity contribution < 1.29 is 14.3 Å². The number of esters is 1. The molecule has 0 aliphatic heterocycles. The van der Waals surface area contributed by atoms with E-state index in [0.717, 1.165) is 12.8 Å². The van der Waals surface area contributed by atoms with Crippen molar-refractivity contribution in [1.82, 2.24) is 9.80 Å². The van der Waals surface area contributed by atoms with Gasteiger partial charge in [-0.3, -0.25) is 14.5 Å². The highest BCUT2D eigenvalue weighted by Crippen LogP contribution is 2.21. The first-order valence-corrected chi connectivity index (χ1v) is 6.55. The summed E-state index contributed by atoms with van der Waals surface area (Å²) in [7, 11) is 4.97. The van der Waals surface area contributed by atoms with Crippen LogP contribution in [0.15, 0.2) is 0 Å². The zero-order valence-electron chi connectivity index (χ0n) is 11.6. The lowest BCUT2D eigenvalue weighted by molar-refractivity contribution is -0.142. The summed E-state index contributed by atoms with van der Waals surface area (Å²) in [6.45, 7) is 0.419. The van der Waals surface area contributed by atoms with E-state index in [4.69, 9.17) is 0 Å². The minimum atomic E-state index is -0.314. The third-order valence-corrected chi connectivity index (χ3v) is 3.55. The van der Waals surface area contributed by atoms with Crippen molar-refractivity contribution in [2.45, 2.75) is 38.1 Å². The highest BCUT2D eigenvalue weighted by Gasteiger charge is 2.23. The topological polar surface area (TPSA) is 49.9 Å². The van der Waals surface area contributed by atoms with Crippen LogP contribution >= 0.6 is 0 Å². The van der Waals surface area contributed by atoms with E-state index in [1.54, 1.807) is 11.9 Å². The molecule has 1 aliphatic carbocycles. The number of carbonyl (C=O) groups is 2. The van der Waals surface area contributed by atoms with E-state index in [0.29, 0.717) is 6.04 Å². The smallest absolute Gasteiger partial charge is 0.319 e. The van der Waals surface area contributed by atoms with Gasteiger partial charge in [0.15, 0.2) is 0 Å². The van der Waals surface area contributed by atoms with Crippen LogP contribution in [-0.2, 0) is 14.3 Å². The van der Waals surface area contributed by atoms with Gasteiger partial charge >= 0.3 is 5.97 Å². The van der Waals surface area contributed by atoms with Crippen molar-refractivity contribution in [3.05, 3.63) is 0 Å². The number of amides is 1. The van der Waals surface area contributed by atoms with Crippen LogP contribution in [0.2, 0.25) is 0 Å². The van der Waals surface area contributed by atoms with Gasteiger partial charge in [0.2, 0.25) is 5.91 Å². The predicted octanol–water partition coefficient (Wildman–Crippen LogP) is 0.882. The monoisotopic (exact) mass is 256 g/mol. The number of rotatable bonds is 5. The Bertz CT molecular complexity index is 288. The second-order valence-electron chi connectivity index (χ2n) is 5.04. The molecule has 1 saturated carbocycles. The van der Waals surface area contributed by atoms with E-state index in [1.807, 2.05) is 11.9 Å². The number of hydrogen-bond donors (Lipinski definition) is 0. The summed E-state index contributed by atoms with van der Waals surface area (Å²) in [6.07, 6.45) is 5.90. The van der Waals surface area contributed by atoms with E-state index < -0.39 is 0 Å². The van der Waals surface area contributed by atoms with Crippen LogP contribution in [0.3, 0.4) is 0 Å². The molecule has 0 aromatic carbocycles. The molecule has 5 heteroatoms. The van der Waals surface area contributed by atoms with Gasteiger partial charge in [0.1, 0.15) is 0 Å². The zero-order chi connectivity index (χ0) is 13.5. The van der Waals surface area contributed by atoms with E-state index >= 15 is 0 Å². The van der Waals surface area contributed by atoms with Gasteiger partial charge < -0.3 is 9.64 Å². The molecule has 1 amide bonds. The van der Waals surface area contributed by atoms with Crippen molar-refractivity contribution in [1.29, 1.82) is 0 Å². The van der Waals surface area contributed by atoms with Gasteiger partial charge in [0, 0.05) is 13.1 Å². The number of carbonyl (C=O) groups excluding carboxylic acids is 2. The molecule has 0 bridgehead atoms. The van der Waals surface area contributed by atoms with Crippen molar-refractivity contribution in [2.75, 3.05) is 34.3 Å². The number of likely N-dealkylation sites (N-methyl/N-ethyl adjacent to an activating group) is 2. The molecule has 0 aromatic rings. The molecule has 0 unspecified atom stereocenters. The fraction of sp³-hybridized carbons (Fsp3) is 0.846. The molecular weight excluding hydrogens is 232 g/mol. The van der Waals surface area contributed by atoms with Crippen molar-refractivity contribution in [3.63, 3.8) is 0 Å². The van der Waals surface area contributed by atoms with Crippen LogP contribution in [0.4, 0.5) is 0 Å². The second kappa shape index (κ2) is 7.36. The van der Waals surface area contributed by atoms with Gasteiger partial charge in [0.05, 0.1) is 20.2 Å². The lowest BCUT2D eigenvalue weighted by atomic mass is 9.94. The molecule has 0 heterocycles. The number of nitrogens with zero attached hydrogens (tertiary/aromatic N) is 2. The van der Waals surface area contributed by atoms with Gasteiger partial charge in [-0.05, 0) is 19.9 Å². The molecule has 0 atom stereocenters. The Morgan fingerprint density at radius 3 is 2.28 bits per heavy atom. The maximum Gasteiger partial charge on any atom is 0.319 e. The lowest BCUT2D eigenvalue weighted by Crippen LogP contribution is -2.44. The summed E-state index contributed by atoms with van der Waals surface area (Å²) in [4.78, 5) is 26.7. The van der Waals surface area contributed by atoms with E-state index in [2.05, 4.69) is 4.74 Å². The molecular formula is C13H24N2O3. The molecule has 1 aliphatic rings. The third kappa shape index (κ3) is 4.64. The van der Waals surface area contributed by atoms with Gasteiger partial charge in [-0.2, -0.15) is 0 Å². The standard InChI is InChI=1S/C13H24N2O3/c1-14(10-13(17)18-3)9-12(16)15(2)11-7-5-4-6-8-11/h11H,4-10H2,1-3H3. The van der Waals surface area contributed by atoms with Crippen LogP contribution in [0, 0.1) is 0 Å². The van der Waals surface area contributed by atoms with Crippen molar-refractivity contribution in [3.8, 4) is 0 Å². The Labute approximate surface area is 109 Å². The Morgan fingerprint density at radius 1 is 1.11 bits per heavy atom. The Morgan fingerprint density at radius 2 is 1.72 bits per heavy atom. The molecule has 1 rings (SSSR count). The number of ether oxygens (including phenoxy) is 1. The summed E-state index contributed by atoms with van der Waals surface area (Å²) >= 11 is 0.